The Morgan fingerprint density at radius 2 is 1.75 bits per heavy atom. The summed E-state index contributed by atoms with van der Waals surface area (Å²) in [7, 11) is 0. The monoisotopic (exact) mass is 224 g/mol. The van der Waals surface area contributed by atoms with Gasteiger partial charge in [-0.15, -0.1) is 0 Å². The molecule has 0 radical (unpaired) electrons. The van der Waals surface area contributed by atoms with Gasteiger partial charge >= 0.3 is 0 Å². The van der Waals surface area contributed by atoms with Crippen molar-refractivity contribution >= 4 is 5.69 Å². The van der Waals surface area contributed by atoms with E-state index in [1.165, 1.54) is 0 Å². The van der Waals surface area contributed by atoms with Gasteiger partial charge < -0.3 is 10.2 Å². The highest BCUT2D eigenvalue weighted by Gasteiger charge is 2.15. The molecule has 0 aliphatic rings. The Labute approximate surface area is 96.0 Å². The molecule has 0 aliphatic carbocycles. The topological polar surface area (TPSA) is 49.4 Å². The molecule has 1 N–H and O–H groups in total. The fourth-order valence-corrected chi connectivity index (χ4v) is 1.77. The molecule has 0 heterocycles. The van der Waals surface area contributed by atoms with Crippen molar-refractivity contribution in [1.82, 2.24) is 4.90 Å². The average molecular weight is 224 g/mol. The molecular weight excluding hydrogens is 204 g/mol. The molecule has 0 saturated heterocycles. The molecule has 0 atom stereocenters. The zero-order valence-electron chi connectivity index (χ0n) is 10.3. The molecule has 90 valence electrons. The third-order valence-electron chi connectivity index (χ3n) is 3.00. The lowest BCUT2D eigenvalue weighted by atomic mass is 10.1. The van der Waals surface area contributed by atoms with Crippen LogP contribution in [0.15, 0.2) is 9.59 Å². The maximum atomic E-state index is 11.1. The summed E-state index contributed by atoms with van der Waals surface area (Å²) >= 11 is 0. The highest BCUT2D eigenvalue weighted by Crippen LogP contribution is 2.04. The number of nitrogens with one attached hydrogen (secondary N) is 1. The zero-order valence-corrected chi connectivity index (χ0v) is 10.3. The van der Waals surface area contributed by atoms with Crippen molar-refractivity contribution in [3.05, 3.63) is 26.0 Å². The number of hydrogen-bond acceptors (Lipinski definition) is 4. The van der Waals surface area contributed by atoms with E-state index in [1.54, 1.807) is 6.92 Å². The average Bonchev–Trinajstić information content (AvgIpc) is 2.32. The van der Waals surface area contributed by atoms with Crippen LogP contribution in [0.5, 0.6) is 0 Å². The van der Waals surface area contributed by atoms with Crippen LogP contribution < -0.4 is 16.2 Å². The molecule has 0 fully saturated rings. The zero-order chi connectivity index (χ0) is 12.1. The molecule has 4 nitrogen and oxygen atoms in total. The van der Waals surface area contributed by atoms with Crippen LogP contribution in [0, 0.1) is 6.92 Å². The number of hydrogen-bond donors (Lipinski definition) is 1. The van der Waals surface area contributed by atoms with Crippen LogP contribution in [-0.2, 0) is 0 Å². The van der Waals surface area contributed by atoms with Crippen molar-refractivity contribution in [1.29, 1.82) is 0 Å². The summed E-state index contributed by atoms with van der Waals surface area (Å²) in [6.45, 7) is 9.84. The second kappa shape index (κ2) is 5.80. The standard InChI is InChI=1S/C12H20N2O2/c1-4-14(5-2)8-6-7-13-10-9(3)11(15)12(10)16/h13H,4-8H2,1-3H3. The number of rotatable bonds is 7. The summed E-state index contributed by atoms with van der Waals surface area (Å²) in [5.74, 6) is 0. The SMILES string of the molecule is CCN(CC)CCCNc1c(C)c(=O)c1=O. The normalized spacial score (nSPS) is 11.2. The van der Waals surface area contributed by atoms with Gasteiger partial charge in [0.15, 0.2) is 0 Å². The Kier molecular flexibility index (Phi) is 4.68. The van der Waals surface area contributed by atoms with E-state index >= 15 is 0 Å². The molecule has 0 bridgehead atoms. The molecule has 1 rings (SSSR count). The van der Waals surface area contributed by atoms with Gasteiger partial charge in [0.1, 0.15) is 0 Å². The van der Waals surface area contributed by atoms with Crippen molar-refractivity contribution in [2.24, 2.45) is 0 Å². The predicted molar refractivity (Wildman–Crippen MR) is 67.0 cm³/mol. The summed E-state index contributed by atoms with van der Waals surface area (Å²) in [6, 6.07) is 0. The molecule has 0 aliphatic heterocycles. The van der Waals surface area contributed by atoms with E-state index < -0.39 is 0 Å². The minimum absolute atomic E-state index is 0.341. The molecule has 0 amide bonds. The molecule has 0 spiro atoms. The summed E-state index contributed by atoms with van der Waals surface area (Å²) < 4.78 is 0. The van der Waals surface area contributed by atoms with Crippen LogP contribution in [0.3, 0.4) is 0 Å². The van der Waals surface area contributed by atoms with Gasteiger partial charge in [-0.1, -0.05) is 13.8 Å². The highest BCUT2D eigenvalue weighted by atomic mass is 16.2. The quantitative estimate of drug-likeness (QED) is 0.548. The Bertz CT molecular complexity index is 401. The van der Waals surface area contributed by atoms with Crippen molar-refractivity contribution in [3.8, 4) is 0 Å². The lowest BCUT2D eigenvalue weighted by Gasteiger charge is -2.18. The van der Waals surface area contributed by atoms with Crippen LogP contribution in [0.25, 0.3) is 0 Å². The Balaban J connectivity index is 2.27. The molecule has 1 aromatic carbocycles. The Hall–Kier alpha value is -1.16. The van der Waals surface area contributed by atoms with Gasteiger partial charge in [0.25, 0.3) is 0 Å². The minimum atomic E-state index is -0.361. The van der Waals surface area contributed by atoms with Crippen LogP contribution in [0.1, 0.15) is 25.8 Å². The van der Waals surface area contributed by atoms with E-state index in [-0.39, 0.29) is 10.9 Å². The smallest absolute Gasteiger partial charge is 0.249 e. The van der Waals surface area contributed by atoms with Gasteiger partial charge in [-0.25, -0.2) is 0 Å². The highest BCUT2D eigenvalue weighted by molar-refractivity contribution is 5.55. The molecule has 0 saturated carbocycles. The van der Waals surface area contributed by atoms with E-state index in [2.05, 4.69) is 24.1 Å². The maximum absolute atomic E-state index is 11.1. The molecular formula is C12H20N2O2. The van der Waals surface area contributed by atoms with Crippen molar-refractivity contribution in [2.45, 2.75) is 27.2 Å². The molecule has 0 aromatic heterocycles. The van der Waals surface area contributed by atoms with Gasteiger partial charge in [-0.05, 0) is 33.0 Å². The number of anilines is 1. The lowest BCUT2D eigenvalue weighted by Crippen LogP contribution is -2.37. The second-order valence-corrected chi connectivity index (χ2v) is 3.97. The van der Waals surface area contributed by atoms with Gasteiger partial charge in [-0.2, -0.15) is 0 Å². The Morgan fingerprint density at radius 3 is 2.25 bits per heavy atom. The largest absolute Gasteiger partial charge is 0.381 e. The third-order valence-corrected chi connectivity index (χ3v) is 3.00. The second-order valence-electron chi connectivity index (χ2n) is 3.97. The summed E-state index contributed by atoms with van der Waals surface area (Å²) in [4.78, 5) is 24.4. The third kappa shape index (κ3) is 2.70. The van der Waals surface area contributed by atoms with Gasteiger partial charge in [0.2, 0.25) is 10.9 Å². The Morgan fingerprint density at radius 1 is 1.12 bits per heavy atom. The molecule has 0 unspecified atom stereocenters. The first-order valence-corrected chi connectivity index (χ1v) is 5.87. The first-order chi connectivity index (χ1) is 7.61. The maximum Gasteiger partial charge on any atom is 0.249 e. The summed E-state index contributed by atoms with van der Waals surface area (Å²) in [6.07, 6.45) is 0.986. The number of nitrogens with zero attached hydrogens (tertiary/aromatic N) is 1. The van der Waals surface area contributed by atoms with Gasteiger partial charge in [0.05, 0.1) is 5.69 Å². The fourth-order valence-electron chi connectivity index (χ4n) is 1.77. The molecule has 16 heavy (non-hydrogen) atoms. The van der Waals surface area contributed by atoms with Crippen molar-refractivity contribution < 1.29 is 0 Å². The van der Waals surface area contributed by atoms with Crippen LogP contribution in [0.2, 0.25) is 0 Å². The minimum Gasteiger partial charge on any atom is -0.381 e. The predicted octanol–water partition coefficient (Wildman–Crippen LogP) is 0.735. The lowest BCUT2D eigenvalue weighted by molar-refractivity contribution is 0.303. The van der Waals surface area contributed by atoms with Crippen LogP contribution in [-0.4, -0.2) is 31.1 Å². The van der Waals surface area contributed by atoms with E-state index in [9.17, 15) is 9.59 Å². The van der Waals surface area contributed by atoms with E-state index in [0.717, 1.165) is 32.6 Å². The van der Waals surface area contributed by atoms with Crippen LogP contribution >= 0.6 is 0 Å². The molecule has 4 heteroatoms. The fraction of sp³-hybridized carbons (Fsp3) is 0.667. The van der Waals surface area contributed by atoms with E-state index in [1.807, 2.05) is 0 Å². The van der Waals surface area contributed by atoms with Gasteiger partial charge in [0, 0.05) is 12.1 Å². The van der Waals surface area contributed by atoms with E-state index in [4.69, 9.17) is 0 Å². The van der Waals surface area contributed by atoms with Gasteiger partial charge in [-0.3, -0.25) is 9.59 Å². The molecule has 1 aromatic rings. The first kappa shape index (κ1) is 12.9. The van der Waals surface area contributed by atoms with Crippen LogP contribution in [0.4, 0.5) is 5.69 Å². The van der Waals surface area contributed by atoms with Crippen molar-refractivity contribution in [2.75, 3.05) is 31.5 Å². The van der Waals surface area contributed by atoms with Crippen molar-refractivity contribution in [3.63, 3.8) is 0 Å². The van der Waals surface area contributed by atoms with E-state index in [0.29, 0.717) is 11.3 Å². The first-order valence-electron chi connectivity index (χ1n) is 5.87. The summed E-state index contributed by atoms with van der Waals surface area (Å²) in [5.41, 5.74) is 0.393. The summed E-state index contributed by atoms with van der Waals surface area (Å²) in [5, 5.41) is 3.04.